The number of benzene rings is 2. The molecule has 4 amide bonds. The van der Waals surface area contributed by atoms with Gasteiger partial charge in [0, 0.05) is 22.4 Å². The third-order valence-electron chi connectivity index (χ3n) is 6.97. The minimum Gasteiger partial charge on any atom is -0.443 e. The van der Waals surface area contributed by atoms with Crippen LogP contribution in [0, 0.1) is 0 Å². The summed E-state index contributed by atoms with van der Waals surface area (Å²) >= 11 is 12.8. The highest BCUT2D eigenvalue weighted by molar-refractivity contribution is 6.32. The van der Waals surface area contributed by atoms with Crippen molar-refractivity contribution in [3.05, 3.63) is 75.8 Å². The summed E-state index contributed by atoms with van der Waals surface area (Å²) in [5, 5.41) is 0.682. The molecule has 1 saturated heterocycles. The number of nitrogens with zero attached hydrogens (tertiary/aromatic N) is 2. The highest BCUT2D eigenvalue weighted by Gasteiger charge is 2.67. The van der Waals surface area contributed by atoms with Crippen molar-refractivity contribution >= 4 is 52.9 Å². The molecule has 0 radical (unpaired) electrons. The first-order valence-corrected chi connectivity index (χ1v) is 14.0. The van der Waals surface area contributed by atoms with Crippen LogP contribution in [0.3, 0.4) is 0 Å². The van der Waals surface area contributed by atoms with Crippen molar-refractivity contribution in [1.29, 1.82) is 0 Å². The lowest BCUT2D eigenvalue weighted by Gasteiger charge is -2.50. The van der Waals surface area contributed by atoms with E-state index in [1.807, 2.05) is 0 Å². The number of hydrogen-bond donors (Lipinski definition) is 0. The molecule has 1 spiro atoms. The van der Waals surface area contributed by atoms with Gasteiger partial charge in [-0.25, -0.2) is 19.4 Å². The van der Waals surface area contributed by atoms with Gasteiger partial charge in [-0.15, -0.1) is 0 Å². The summed E-state index contributed by atoms with van der Waals surface area (Å²) in [5.41, 5.74) is -2.00. The molecule has 41 heavy (non-hydrogen) atoms. The van der Waals surface area contributed by atoms with E-state index in [1.54, 1.807) is 84.9 Å². The predicted molar refractivity (Wildman–Crippen MR) is 157 cm³/mol. The molecule has 0 bridgehead atoms. The predicted octanol–water partition coefficient (Wildman–Crippen LogP) is 7.41. The first-order chi connectivity index (χ1) is 18.9. The van der Waals surface area contributed by atoms with Crippen LogP contribution in [0.25, 0.3) is 0 Å². The standard InChI is InChI=1S/C31H34Cl2N2O6/c1-17(2)25-31(21-13-12-20(33)15-23(21)34(26(31)37)27(38)40-29(3,4)5)22(18-10-9-11-19(32)14-18)16-24(36)35(25)28(39)41-30(6,7)8/h9-15,22,25H,1,16H2,2-8H3/t22-,25+,31-/m0/s1. The summed E-state index contributed by atoms with van der Waals surface area (Å²) in [6.07, 6.45) is -2.08. The van der Waals surface area contributed by atoms with Crippen molar-refractivity contribution in [3.63, 3.8) is 0 Å². The van der Waals surface area contributed by atoms with Crippen LogP contribution in [0.1, 0.15) is 71.9 Å². The van der Waals surface area contributed by atoms with E-state index in [2.05, 4.69) is 6.58 Å². The largest absolute Gasteiger partial charge is 0.443 e. The minimum atomic E-state index is -1.68. The normalized spacial score (nSPS) is 22.6. The molecule has 0 unspecified atom stereocenters. The quantitative estimate of drug-likeness (QED) is 0.333. The number of amides is 4. The van der Waals surface area contributed by atoms with E-state index in [0.29, 0.717) is 21.7 Å². The van der Waals surface area contributed by atoms with Gasteiger partial charge in [0.05, 0.1) is 11.7 Å². The molecule has 4 rings (SSSR count). The molecular weight excluding hydrogens is 567 g/mol. The molecule has 218 valence electrons. The Morgan fingerprint density at radius 3 is 2.07 bits per heavy atom. The van der Waals surface area contributed by atoms with Crippen LogP contribution in [0.4, 0.5) is 15.3 Å². The van der Waals surface area contributed by atoms with Crippen molar-refractivity contribution in [3.8, 4) is 0 Å². The summed E-state index contributed by atoms with van der Waals surface area (Å²) < 4.78 is 11.3. The number of carbonyl (C=O) groups excluding carboxylic acids is 4. The van der Waals surface area contributed by atoms with Crippen LogP contribution in [0.2, 0.25) is 10.0 Å². The SMILES string of the molecule is C=C(C)[C@H]1N(C(=O)OC(C)(C)C)C(=O)C[C@@H](c2cccc(Cl)c2)[C@]12C(=O)N(C(=O)OC(C)(C)C)c1cc(Cl)ccc12. The van der Waals surface area contributed by atoms with Crippen molar-refractivity contribution in [2.75, 3.05) is 4.90 Å². The molecule has 2 aliphatic rings. The van der Waals surface area contributed by atoms with E-state index in [-0.39, 0.29) is 17.1 Å². The van der Waals surface area contributed by atoms with E-state index in [1.165, 1.54) is 6.07 Å². The van der Waals surface area contributed by atoms with Crippen molar-refractivity contribution in [2.45, 2.75) is 83.5 Å². The Kier molecular flexibility index (Phi) is 7.82. The van der Waals surface area contributed by atoms with Gasteiger partial charge in [0.25, 0.3) is 0 Å². The molecular formula is C31H34Cl2N2O6. The Hall–Kier alpha value is -3.36. The number of halogens is 2. The maximum absolute atomic E-state index is 14.9. The van der Waals surface area contributed by atoms with Gasteiger partial charge in [-0.2, -0.15) is 0 Å². The second kappa shape index (κ2) is 10.5. The van der Waals surface area contributed by atoms with E-state index in [0.717, 1.165) is 9.80 Å². The summed E-state index contributed by atoms with van der Waals surface area (Å²) in [5.74, 6) is -2.07. The molecule has 0 aliphatic carbocycles. The van der Waals surface area contributed by atoms with Crippen LogP contribution in [-0.2, 0) is 24.5 Å². The number of likely N-dealkylation sites (tertiary alicyclic amines) is 1. The number of rotatable bonds is 2. The summed E-state index contributed by atoms with van der Waals surface area (Å²) in [4.78, 5) is 58.0. The lowest BCUT2D eigenvalue weighted by Crippen LogP contribution is -2.66. The zero-order valence-corrected chi connectivity index (χ0v) is 25.7. The molecule has 2 aromatic carbocycles. The molecule has 0 aromatic heterocycles. The topological polar surface area (TPSA) is 93.2 Å². The summed E-state index contributed by atoms with van der Waals surface area (Å²) in [7, 11) is 0. The molecule has 8 nitrogen and oxygen atoms in total. The van der Waals surface area contributed by atoms with Gasteiger partial charge < -0.3 is 9.47 Å². The zero-order valence-electron chi connectivity index (χ0n) is 24.2. The monoisotopic (exact) mass is 600 g/mol. The minimum absolute atomic E-state index is 0.202. The third kappa shape index (κ3) is 5.47. The Balaban J connectivity index is 2.07. The Bertz CT molecular complexity index is 1460. The van der Waals surface area contributed by atoms with E-state index >= 15 is 0 Å². The Labute approximate surface area is 250 Å². The van der Waals surface area contributed by atoms with Crippen LogP contribution in [0.5, 0.6) is 0 Å². The molecule has 0 N–H and O–H groups in total. The first-order valence-electron chi connectivity index (χ1n) is 13.2. The smallest absolute Gasteiger partial charge is 0.421 e. The van der Waals surface area contributed by atoms with Gasteiger partial charge in [0.15, 0.2) is 0 Å². The Morgan fingerprint density at radius 1 is 0.927 bits per heavy atom. The molecule has 2 aliphatic heterocycles. The maximum Gasteiger partial charge on any atom is 0.421 e. The number of imide groups is 2. The fraction of sp³-hybridized carbons (Fsp3) is 0.419. The second-order valence-corrected chi connectivity index (χ2v) is 13.3. The number of piperidine rings is 1. The number of ether oxygens (including phenoxy) is 2. The van der Waals surface area contributed by atoms with E-state index in [9.17, 15) is 19.2 Å². The fourth-order valence-electron chi connectivity index (χ4n) is 5.74. The molecule has 2 heterocycles. The van der Waals surface area contributed by atoms with Crippen molar-refractivity contribution in [2.24, 2.45) is 0 Å². The number of anilines is 1. The third-order valence-corrected chi connectivity index (χ3v) is 7.44. The Morgan fingerprint density at radius 2 is 1.51 bits per heavy atom. The summed E-state index contributed by atoms with van der Waals surface area (Å²) in [6.45, 7) is 15.9. The van der Waals surface area contributed by atoms with Gasteiger partial charge >= 0.3 is 12.2 Å². The lowest BCUT2D eigenvalue weighted by molar-refractivity contribution is -0.142. The van der Waals surface area contributed by atoms with Gasteiger partial charge in [-0.05, 0) is 83.9 Å². The second-order valence-electron chi connectivity index (χ2n) is 12.5. The molecule has 2 aromatic rings. The molecule has 1 fully saturated rings. The van der Waals surface area contributed by atoms with Crippen LogP contribution < -0.4 is 4.90 Å². The molecule has 10 heteroatoms. The molecule has 3 atom stereocenters. The van der Waals surface area contributed by atoms with Crippen molar-refractivity contribution in [1.82, 2.24) is 4.90 Å². The van der Waals surface area contributed by atoms with Gasteiger partial charge in [-0.3, -0.25) is 9.59 Å². The van der Waals surface area contributed by atoms with Gasteiger partial charge in [-0.1, -0.05) is 53.6 Å². The van der Waals surface area contributed by atoms with E-state index < -0.39 is 52.6 Å². The van der Waals surface area contributed by atoms with Crippen LogP contribution in [0.15, 0.2) is 54.6 Å². The number of carbonyl (C=O) groups is 4. The van der Waals surface area contributed by atoms with Gasteiger partial charge in [0.2, 0.25) is 11.8 Å². The summed E-state index contributed by atoms with van der Waals surface area (Å²) in [6, 6.07) is 10.4. The lowest BCUT2D eigenvalue weighted by atomic mass is 9.58. The first kappa shape index (κ1) is 30.6. The number of hydrogen-bond acceptors (Lipinski definition) is 6. The number of fused-ring (bicyclic) bond motifs is 2. The van der Waals surface area contributed by atoms with Crippen LogP contribution in [-0.4, -0.2) is 46.1 Å². The zero-order chi connectivity index (χ0) is 30.7. The molecule has 0 saturated carbocycles. The maximum atomic E-state index is 14.9. The highest BCUT2D eigenvalue weighted by Crippen LogP contribution is 2.58. The van der Waals surface area contributed by atoms with Crippen molar-refractivity contribution < 1.29 is 28.7 Å². The average molecular weight is 602 g/mol. The van der Waals surface area contributed by atoms with Gasteiger partial charge in [0.1, 0.15) is 16.6 Å². The van der Waals surface area contributed by atoms with E-state index in [4.69, 9.17) is 32.7 Å². The average Bonchev–Trinajstić information content (AvgIpc) is 3.05. The van der Waals surface area contributed by atoms with Crippen LogP contribution >= 0.6 is 23.2 Å². The fourth-order valence-corrected chi connectivity index (χ4v) is 6.11. The highest BCUT2D eigenvalue weighted by atomic mass is 35.5.